The number of rotatable bonds is 6. The molecule has 0 unspecified atom stereocenters. The molecule has 2 aromatic rings. The van der Waals surface area contributed by atoms with E-state index in [2.05, 4.69) is 15.5 Å². The first-order valence-corrected chi connectivity index (χ1v) is 9.89. The standard InChI is InChI=1S/C18H21N3O4S/c22-16(19-9-12-4-2-1-3-5-12)10-26-18-21-20-17(25-18)13-6-7-14-15(8-13)24-11-23-14/h6-8,12H,1-5,9-11H2,(H,19,22). The highest BCUT2D eigenvalue weighted by molar-refractivity contribution is 7.99. The quantitative estimate of drug-likeness (QED) is 0.776. The van der Waals surface area contributed by atoms with Crippen LogP contribution in [0.3, 0.4) is 0 Å². The number of hydrogen-bond donors (Lipinski definition) is 1. The molecule has 0 radical (unpaired) electrons. The van der Waals surface area contributed by atoms with E-state index >= 15 is 0 Å². The fourth-order valence-corrected chi connectivity index (χ4v) is 3.84. The Hall–Kier alpha value is -2.22. The number of aromatic nitrogens is 2. The first-order chi connectivity index (χ1) is 12.8. The minimum atomic E-state index is 0.00315. The molecule has 0 bridgehead atoms. The van der Waals surface area contributed by atoms with Crippen LogP contribution in [0.2, 0.25) is 0 Å². The average molecular weight is 375 g/mol. The molecule has 1 aromatic heterocycles. The van der Waals surface area contributed by atoms with E-state index < -0.39 is 0 Å². The number of carbonyl (C=O) groups is 1. The highest BCUT2D eigenvalue weighted by atomic mass is 32.2. The smallest absolute Gasteiger partial charge is 0.277 e. The lowest BCUT2D eigenvalue weighted by atomic mass is 9.89. The zero-order valence-electron chi connectivity index (χ0n) is 14.4. The fraction of sp³-hybridized carbons (Fsp3) is 0.500. The Balaban J connectivity index is 1.27. The Kier molecular flexibility index (Phi) is 5.29. The van der Waals surface area contributed by atoms with Crippen LogP contribution in [0.4, 0.5) is 0 Å². The van der Waals surface area contributed by atoms with Gasteiger partial charge in [-0.25, -0.2) is 0 Å². The molecular weight excluding hydrogens is 354 g/mol. The van der Waals surface area contributed by atoms with Crippen LogP contribution in [0.15, 0.2) is 27.8 Å². The third-order valence-electron chi connectivity index (χ3n) is 4.67. The van der Waals surface area contributed by atoms with Crippen molar-refractivity contribution in [3.05, 3.63) is 18.2 Å². The molecule has 1 fully saturated rings. The number of carbonyl (C=O) groups excluding carboxylic acids is 1. The number of nitrogens with one attached hydrogen (secondary N) is 1. The summed E-state index contributed by atoms with van der Waals surface area (Å²) in [7, 11) is 0. The van der Waals surface area contributed by atoms with Crippen molar-refractivity contribution in [1.29, 1.82) is 0 Å². The second kappa shape index (κ2) is 7.99. The molecule has 7 nitrogen and oxygen atoms in total. The Morgan fingerprint density at radius 3 is 2.88 bits per heavy atom. The van der Waals surface area contributed by atoms with Gasteiger partial charge in [0.25, 0.3) is 5.22 Å². The summed E-state index contributed by atoms with van der Waals surface area (Å²) in [5, 5.41) is 11.4. The highest BCUT2D eigenvalue weighted by Crippen LogP contribution is 2.36. The summed E-state index contributed by atoms with van der Waals surface area (Å²) in [5.74, 6) is 2.67. The predicted octanol–water partition coefficient (Wildman–Crippen LogP) is 3.25. The SMILES string of the molecule is O=C(CSc1nnc(-c2ccc3c(c2)OCO3)o1)NCC1CCCCC1. The number of hydrogen-bond acceptors (Lipinski definition) is 7. The predicted molar refractivity (Wildman–Crippen MR) is 96.2 cm³/mol. The van der Waals surface area contributed by atoms with Gasteiger partial charge in [0.05, 0.1) is 5.75 Å². The molecule has 2 heterocycles. The van der Waals surface area contributed by atoms with Crippen LogP contribution in [0.25, 0.3) is 11.5 Å². The second-order valence-corrected chi connectivity index (χ2v) is 7.46. The Bertz CT molecular complexity index is 774. The summed E-state index contributed by atoms with van der Waals surface area (Å²) in [6.45, 7) is 0.991. The van der Waals surface area contributed by atoms with Gasteiger partial charge in [-0.05, 0) is 37.0 Å². The Labute approximate surface area is 155 Å². The minimum Gasteiger partial charge on any atom is -0.454 e. The monoisotopic (exact) mass is 375 g/mol. The summed E-state index contributed by atoms with van der Waals surface area (Å²) in [6, 6.07) is 5.46. The van der Waals surface area contributed by atoms with Gasteiger partial charge in [-0.1, -0.05) is 31.0 Å². The zero-order valence-corrected chi connectivity index (χ0v) is 15.2. The molecule has 2 aliphatic rings. The van der Waals surface area contributed by atoms with E-state index in [1.165, 1.54) is 43.9 Å². The second-order valence-electron chi connectivity index (χ2n) is 6.54. The lowest BCUT2D eigenvalue weighted by Gasteiger charge is -2.21. The lowest BCUT2D eigenvalue weighted by Crippen LogP contribution is -2.31. The van der Waals surface area contributed by atoms with Crippen molar-refractivity contribution < 1.29 is 18.7 Å². The summed E-state index contributed by atoms with van der Waals surface area (Å²) in [6.07, 6.45) is 6.31. The van der Waals surface area contributed by atoms with Crippen LogP contribution < -0.4 is 14.8 Å². The molecule has 1 amide bonds. The van der Waals surface area contributed by atoms with Gasteiger partial charge in [-0.15, -0.1) is 10.2 Å². The van der Waals surface area contributed by atoms with Crippen molar-refractivity contribution in [3.63, 3.8) is 0 Å². The average Bonchev–Trinajstić information content (AvgIpc) is 3.34. The Morgan fingerprint density at radius 2 is 2.00 bits per heavy atom. The summed E-state index contributed by atoms with van der Waals surface area (Å²) in [4.78, 5) is 12.0. The number of thioether (sulfide) groups is 1. The van der Waals surface area contributed by atoms with Crippen LogP contribution in [-0.2, 0) is 4.79 Å². The van der Waals surface area contributed by atoms with Crippen LogP contribution in [0.5, 0.6) is 11.5 Å². The van der Waals surface area contributed by atoms with Crippen molar-refractivity contribution in [3.8, 4) is 23.0 Å². The summed E-state index contributed by atoms with van der Waals surface area (Å²) < 4.78 is 16.3. The highest BCUT2D eigenvalue weighted by Gasteiger charge is 2.18. The molecule has 26 heavy (non-hydrogen) atoms. The van der Waals surface area contributed by atoms with E-state index in [1.54, 1.807) is 6.07 Å². The molecule has 1 saturated carbocycles. The van der Waals surface area contributed by atoms with Gasteiger partial charge < -0.3 is 19.2 Å². The topological polar surface area (TPSA) is 86.5 Å². The largest absolute Gasteiger partial charge is 0.454 e. The number of benzene rings is 1. The molecule has 8 heteroatoms. The number of ether oxygens (including phenoxy) is 2. The molecule has 4 rings (SSSR count). The van der Waals surface area contributed by atoms with Gasteiger partial charge in [0.2, 0.25) is 18.6 Å². The molecule has 0 atom stereocenters. The molecule has 1 aromatic carbocycles. The lowest BCUT2D eigenvalue weighted by molar-refractivity contribution is -0.118. The number of nitrogens with zero attached hydrogens (tertiary/aromatic N) is 2. The third kappa shape index (κ3) is 4.12. The van der Waals surface area contributed by atoms with E-state index in [4.69, 9.17) is 13.9 Å². The van der Waals surface area contributed by atoms with Gasteiger partial charge in [-0.2, -0.15) is 0 Å². The van der Waals surface area contributed by atoms with Gasteiger partial charge >= 0.3 is 0 Å². The van der Waals surface area contributed by atoms with Gasteiger partial charge in [0.1, 0.15) is 0 Å². The Morgan fingerprint density at radius 1 is 1.15 bits per heavy atom. The van der Waals surface area contributed by atoms with Gasteiger partial charge in [0, 0.05) is 12.1 Å². The van der Waals surface area contributed by atoms with Crippen molar-refractivity contribution in [2.75, 3.05) is 19.1 Å². The van der Waals surface area contributed by atoms with E-state index in [0.717, 1.165) is 12.1 Å². The molecule has 1 aliphatic carbocycles. The van der Waals surface area contributed by atoms with Gasteiger partial charge in [-0.3, -0.25) is 4.79 Å². The van der Waals surface area contributed by atoms with Gasteiger partial charge in [0.15, 0.2) is 11.5 Å². The molecular formula is C18H21N3O4S. The minimum absolute atomic E-state index is 0.00315. The maximum absolute atomic E-state index is 12.0. The summed E-state index contributed by atoms with van der Waals surface area (Å²) >= 11 is 1.25. The van der Waals surface area contributed by atoms with E-state index in [9.17, 15) is 4.79 Å². The van der Waals surface area contributed by atoms with Crippen molar-refractivity contribution in [1.82, 2.24) is 15.5 Å². The van der Waals surface area contributed by atoms with Crippen molar-refractivity contribution in [2.24, 2.45) is 5.92 Å². The van der Waals surface area contributed by atoms with E-state index in [1.807, 2.05) is 12.1 Å². The van der Waals surface area contributed by atoms with E-state index in [0.29, 0.717) is 28.5 Å². The molecule has 0 spiro atoms. The molecule has 1 N–H and O–H groups in total. The molecule has 0 saturated heterocycles. The maximum atomic E-state index is 12.0. The van der Waals surface area contributed by atoms with Crippen LogP contribution >= 0.6 is 11.8 Å². The van der Waals surface area contributed by atoms with Crippen molar-refractivity contribution in [2.45, 2.75) is 37.3 Å². The van der Waals surface area contributed by atoms with E-state index in [-0.39, 0.29) is 18.5 Å². The molecule has 1 aliphatic heterocycles. The number of fused-ring (bicyclic) bond motifs is 1. The first kappa shape index (κ1) is 17.2. The third-order valence-corrected chi connectivity index (χ3v) is 5.48. The zero-order chi connectivity index (χ0) is 17.8. The molecule has 138 valence electrons. The van der Waals surface area contributed by atoms with Crippen molar-refractivity contribution >= 4 is 17.7 Å². The van der Waals surface area contributed by atoms with Crippen LogP contribution in [-0.4, -0.2) is 35.2 Å². The normalized spacial score (nSPS) is 16.6. The maximum Gasteiger partial charge on any atom is 0.277 e. The van der Waals surface area contributed by atoms with Crippen LogP contribution in [0, 0.1) is 5.92 Å². The van der Waals surface area contributed by atoms with Crippen LogP contribution in [0.1, 0.15) is 32.1 Å². The summed E-state index contributed by atoms with van der Waals surface area (Å²) in [5.41, 5.74) is 0.760. The fourth-order valence-electron chi connectivity index (χ4n) is 3.24. The first-order valence-electron chi connectivity index (χ1n) is 8.91. The number of amides is 1.